The summed E-state index contributed by atoms with van der Waals surface area (Å²) in [5.41, 5.74) is 0.206. The molecule has 1 atom stereocenters. The maximum atomic E-state index is 13.6. The van der Waals surface area contributed by atoms with Crippen molar-refractivity contribution in [1.29, 1.82) is 0 Å². The minimum atomic E-state index is -0.973. The molecule has 0 spiro atoms. The van der Waals surface area contributed by atoms with Gasteiger partial charge in [-0.2, -0.15) is 0 Å². The van der Waals surface area contributed by atoms with Crippen LogP contribution in [0.1, 0.15) is 24.3 Å². The quantitative estimate of drug-likeness (QED) is 0.863. The van der Waals surface area contributed by atoms with Crippen LogP contribution < -0.4 is 0 Å². The Labute approximate surface area is 91.7 Å². The number of rotatable bonds is 3. The molecule has 0 amide bonds. The molecule has 1 N–H and O–H groups in total. The van der Waals surface area contributed by atoms with Gasteiger partial charge in [0.25, 0.3) is 0 Å². The van der Waals surface area contributed by atoms with Crippen LogP contribution in [-0.4, -0.2) is 11.1 Å². The van der Waals surface area contributed by atoms with Crippen molar-refractivity contribution in [3.63, 3.8) is 0 Å². The van der Waals surface area contributed by atoms with Gasteiger partial charge in [0.1, 0.15) is 5.82 Å². The first-order valence-corrected chi connectivity index (χ1v) is 5.15. The van der Waals surface area contributed by atoms with E-state index in [1.54, 1.807) is 6.07 Å². The van der Waals surface area contributed by atoms with E-state index in [4.69, 9.17) is 16.7 Å². The molecule has 15 heavy (non-hydrogen) atoms. The number of hydrogen-bond donors (Lipinski definition) is 1. The van der Waals surface area contributed by atoms with Crippen molar-refractivity contribution in [3.05, 3.63) is 34.6 Å². The van der Waals surface area contributed by atoms with Crippen molar-refractivity contribution in [1.82, 2.24) is 0 Å². The van der Waals surface area contributed by atoms with Gasteiger partial charge in [-0.3, -0.25) is 4.79 Å². The number of carboxylic acids is 1. The zero-order valence-electron chi connectivity index (χ0n) is 7.91. The molecular weight excluding hydrogens is 219 g/mol. The molecule has 4 heteroatoms. The van der Waals surface area contributed by atoms with Crippen molar-refractivity contribution in [3.8, 4) is 0 Å². The highest BCUT2D eigenvalue weighted by molar-refractivity contribution is 6.30. The lowest BCUT2D eigenvalue weighted by atomic mass is 9.94. The van der Waals surface area contributed by atoms with E-state index in [1.807, 2.05) is 0 Å². The fraction of sp³-hybridized carbons (Fsp3) is 0.364. The van der Waals surface area contributed by atoms with E-state index in [9.17, 15) is 9.18 Å². The summed E-state index contributed by atoms with van der Waals surface area (Å²) in [6, 6.07) is 4.50. The largest absolute Gasteiger partial charge is 0.481 e. The monoisotopic (exact) mass is 228 g/mol. The zero-order chi connectivity index (χ0) is 11.0. The molecule has 2 rings (SSSR count). The lowest BCUT2D eigenvalue weighted by molar-refractivity contribution is -0.139. The minimum absolute atomic E-state index is 0.0144. The van der Waals surface area contributed by atoms with Gasteiger partial charge in [-0.25, -0.2) is 4.39 Å². The number of aliphatic carboxylic acids is 1. The third-order valence-electron chi connectivity index (χ3n) is 2.68. The molecule has 0 bridgehead atoms. The van der Waals surface area contributed by atoms with E-state index < -0.39 is 17.7 Å². The molecule has 1 saturated carbocycles. The van der Waals surface area contributed by atoms with Crippen LogP contribution in [0.5, 0.6) is 0 Å². The van der Waals surface area contributed by atoms with Crippen molar-refractivity contribution in [2.24, 2.45) is 5.92 Å². The van der Waals surface area contributed by atoms with E-state index in [1.165, 1.54) is 12.1 Å². The van der Waals surface area contributed by atoms with Crippen molar-refractivity contribution < 1.29 is 14.3 Å². The second-order valence-electron chi connectivity index (χ2n) is 3.80. The first kappa shape index (κ1) is 10.4. The van der Waals surface area contributed by atoms with Crippen LogP contribution in [0, 0.1) is 11.7 Å². The van der Waals surface area contributed by atoms with E-state index in [-0.39, 0.29) is 16.5 Å². The molecule has 2 nitrogen and oxygen atoms in total. The van der Waals surface area contributed by atoms with Crippen LogP contribution in [0.4, 0.5) is 4.39 Å². The van der Waals surface area contributed by atoms with E-state index in [0.717, 1.165) is 12.8 Å². The Morgan fingerprint density at radius 3 is 2.73 bits per heavy atom. The summed E-state index contributed by atoms with van der Waals surface area (Å²) >= 11 is 5.62. The average Bonchev–Trinajstić information content (AvgIpc) is 2.96. The second kappa shape index (κ2) is 3.81. The number of carboxylic acid groups (broad SMARTS) is 1. The fourth-order valence-electron chi connectivity index (χ4n) is 1.78. The Kier molecular flexibility index (Phi) is 2.65. The molecule has 1 unspecified atom stereocenters. The van der Waals surface area contributed by atoms with E-state index >= 15 is 0 Å². The van der Waals surface area contributed by atoms with Gasteiger partial charge >= 0.3 is 5.97 Å². The van der Waals surface area contributed by atoms with Gasteiger partial charge in [0.15, 0.2) is 0 Å². The summed E-state index contributed by atoms with van der Waals surface area (Å²) in [7, 11) is 0. The second-order valence-corrected chi connectivity index (χ2v) is 4.20. The van der Waals surface area contributed by atoms with Crippen LogP contribution in [0.15, 0.2) is 18.2 Å². The number of hydrogen-bond acceptors (Lipinski definition) is 1. The first-order valence-electron chi connectivity index (χ1n) is 4.78. The molecule has 80 valence electrons. The zero-order valence-corrected chi connectivity index (χ0v) is 8.67. The van der Waals surface area contributed by atoms with Gasteiger partial charge in [0.2, 0.25) is 0 Å². The number of carbonyl (C=O) groups is 1. The van der Waals surface area contributed by atoms with Crippen LogP contribution >= 0.6 is 11.6 Å². The van der Waals surface area contributed by atoms with Crippen molar-refractivity contribution in [2.75, 3.05) is 0 Å². The van der Waals surface area contributed by atoms with Gasteiger partial charge in [0.05, 0.1) is 10.9 Å². The standard InChI is InChI=1S/C11H10ClFO2/c12-8-3-1-2-7(10(8)13)9(11(14)15)6-4-5-6/h1-3,6,9H,4-5H2,(H,14,15). The van der Waals surface area contributed by atoms with Gasteiger partial charge in [-0.1, -0.05) is 23.7 Å². The van der Waals surface area contributed by atoms with Gasteiger partial charge < -0.3 is 5.11 Å². The molecular formula is C11H10ClFO2. The lowest BCUT2D eigenvalue weighted by Gasteiger charge is -2.12. The Morgan fingerprint density at radius 2 is 2.20 bits per heavy atom. The van der Waals surface area contributed by atoms with Crippen LogP contribution in [0.2, 0.25) is 5.02 Å². The molecule has 0 saturated heterocycles. The van der Waals surface area contributed by atoms with Crippen molar-refractivity contribution in [2.45, 2.75) is 18.8 Å². The van der Waals surface area contributed by atoms with Gasteiger partial charge in [-0.15, -0.1) is 0 Å². The highest BCUT2D eigenvalue weighted by Gasteiger charge is 2.38. The molecule has 0 aliphatic heterocycles. The smallest absolute Gasteiger partial charge is 0.311 e. The maximum absolute atomic E-state index is 13.6. The highest BCUT2D eigenvalue weighted by atomic mass is 35.5. The molecule has 0 aromatic heterocycles. The lowest BCUT2D eigenvalue weighted by Crippen LogP contribution is -2.15. The summed E-state index contributed by atoms with van der Waals surface area (Å²) in [6.07, 6.45) is 1.70. The molecule has 1 aliphatic rings. The Bertz CT molecular complexity index is 402. The minimum Gasteiger partial charge on any atom is -0.481 e. The molecule has 1 fully saturated rings. The number of halogens is 2. The molecule has 0 radical (unpaired) electrons. The Balaban J connectivity index is 2.41. The van der Waals surface area contributed by atoms with Gasteiger partial charge in [0, 0.05) is 5.56 Å². The highest BCUT2D eigenvalue weighted by Crippen LogP contribution is 2.44. The average molecular weight is 229 g/mol. The van der Waals surface area contributed by atoms with Crippen molar-refractivity contribution >= 4 is 17.6 Å². The summed E-state index contributed by atoms with van der Waals surface area (Å²) in [6.45, 7) is 0. The summed E-state index contributed by atoms with van der Waals surface area (Å²) in [5.74, 6) is -2.25. The van der Waals surface area contributed by atoms with Crippen LogP contribution in [0.25, 0.3) is 0 Å². The SMILES string of the molecule is O=C(O)C(c1cccc(Cl)c1F)C1CC1. The third kappa shape index (κ3) is 1.97. The number of benzene rings is 1. The predicted molar refractivity (Wildman–Crippen MR) is 54.5 cm³/mol. The fourth-order valence-corrected chi connectivity index (χ4v) is 1.96. The van der Waals surface area contributed by atoms with Gasteiger partial charge in [-0.05, 0) is 24.8 Å². The molecule has 1 aromatic rings. The van der Waals surface area contributed by atoms with Crippen LogP contribution in [-0.2, 0) is 4.79 Å². The summed E-state index contributed by atoms with van der Waals surface area (Å²) in [4.78, 5) is 11.0. The van der Waals surface area contributed by atoms with E-state index in [2.05, 4.69) is 0 Å². The predicted octanol–water partition coefficient (Wildman–Crippen LogP) is 3.06. The molecule has 1 aromatic carbocycles. The van der Waals surface area contributed by atoms with E-state index in [0.29, 0.717) is 0 Å². The summed E-state index contributed by atoms with van der Waals surface area (Å²) in [5, 5.41) is 9.03. The topological polar surface area (TPSA) is 37.3 Å². The molecule has 1 aliphatic carbocycles. The Morgan fingerprint density at radius 1 is 1.53 bits per heavy atom. The van der Waals surface area contributed by atoms with Crippen LogP contribution in [0.3, 0.4) is 0 Å². The molecule has 0 heterocycles. The first-order chi connectivity index (χ1) is 7.11. The normalized spacial score (nSPS) is 17.5. The maximum Gasteiger partial charge on any atom is 0.311 e. The Hall–Kier alpha value is -1.09. The summed E-state index contributed by atoms with van der Waals surface area (Å²) < 4.78 is 13.6. The third-order valence-corrected chi connectivity index (χ3v) is 2.97.